The number of thioether (sulfide) groups is 1. The number of aryl methyl sites for hydroxylation is 1. The van der Waals surface area contributed by atoms with Gasteiger partial charge in [0.1, 0.15) is 5.82 Å². The zero-order valence-electron chi connectivity index (χ0n) is 16.8. The molecule has 0 saturated heterocycles. The maximum atomic E-state index is 12.7. The van der Waals surface area contributed by atoms with Gasteiger partial charge in [-0.2, -0.15) is 0 Å². The van der Waals surface area contributed by atoms with Crippen LogP contribution in [0.25, 0.3) is 11.1 Å². The van der Waals surface area contributed by atoms with Crippen molar-refractivity contribution in [2.24, 2.45) is 0 Å². The molecular formula is C22H22N4O3S. The van der Waals surface area contributed by atoms with Gasteiger partial charge in [0.15, 0.2) is 5.16 Å². The van der Waals surface area contributed by atoms with Crippen molar-refractivity contribution >= 4 is 29.2 Å². The minimum Gasteiger partial charge on any atom is -0.306 e. The topological polar surface area (TPSA) is 98.0 Å². The molecule has 1 heterocycles. The summed E-state index contributed by atoms with van der Waals surface area (Å²) in [7, 11) is 0. The van der Waals surface area contributed by atoms with E-state index in [1.54, 1.807) is 6.20 Å². The van der Waals surface area contributed by atoms with Crippen molar-refractivity contribution in [3.05, 3.63) is 76.0 Å². The molecule has 0 fully saturated rings. The van der Waals surface area contributed by atoms with Gasteiger partial charge in [-0.3, -0.25) is 14.9 Å². The Morgan fingerprint density at radius 3 is 2.63 bits per heavy atom. The number of carbonyl (C=O) groups excluding carboxylic acids is 1. The largest absolute Gasteiger partial charge is 0.306 e. The SMILES string of the molecule is CCCCc1ccc(-c2cnc(SC)nc2NC(=O)c2cccc([N+](=O)[O-])c2)cc1. The Kier molecular flexibility index (Phi) is 7.13. The molecule has 3 aromatic rings. The maximum Gasteiger partial charge on any atom is 0.270 e. The van der Waals surface area contributed by atoms with Gasteiger partial charge in [-0.25, -0.2) is 9.97 Å². The van der Waals surface area contributed by atoms with Crippen LogP contribution in [-0.2, 0) is 6.42 Å². The van der Waals surface area contributed by atoms with Crippen LogP contribution in [0, 0.1) is 10.1 Å². The number of nitrogens with one attached hydrogen (secondary N) is 1. The molecule has 7 nitrogen and oxygen atoms in total. The lowest BCUT2D eigenvalue weighted by Crippen LogP contribution is -2.14. The first kappa shape index (κ1) is 21.4. The zero-order valence-corrected chi connectivity index (χ0v) is 17.6. The molecular weight excluding hydrogens is 400 g/mol. The fourth-order valence-corrected chi connectivity index (χ4v) is 3.28. The molecule has 0 saturated carbocycles. The Morgan fingerprint density at radius 2 is 1.97 bits per heavy atom. The summed E-state index contributed by atoms with van der Waals surface area (Å²) >= 11 is 1.36. The summed E-state index contributed by atoms with van der Waals surface area (Å²) < 4.78 is 0. The van der Waals surface area contributed by atoms with Crippen LogP contribution in [-0.4, -0.2) is 27.1 Å². The van der Waals surface area contributed by atoms with Gasteiger partial charge in [0.2, 0.25) is 0 Å². The van der Waals surface area contributed by atoms with Gasteiger partial charge >= 0.3 is 0 Å². The highest BCUT2D eigenvalue weighted by Gasteiger charge is 2.16. The van der Waals surface area contributed by atoms with Crippen molar-refractivity contribution < 1.29 is 9.72 Å². The lowest BCUT2D eigenvalue weighted by Gasteiger charge is -2.12. The smallest absolute Gasteiger partial charge is 0.270 e. The number of amides is 1. The van der Waals surface area contributed by atoms with Crippen LogP contribution in [0.4, 0.5) is 11.5 Å². The third-order valence-electron chi connectivity index (χ3n) is 4.58. The highest BCUT2D eigenvalue weighted by molar-refractivity contribution is 7.98. The summed E-state index contributed by atoms with van der Waals surface area (Å²) in [5, 5.41) is 14.3. The number of carbonyl (C=O) groups is 1. The van der Waals surface area contributed by atoms with E-state index in [0.29, 0.717) is 16.5 Å². The van der Waals surface area contributed by atoms with E-state index >= 15 is 0 Å². The van der Waals surface area contributed by atoms with Crippen LogP contribution in [0.3, 0.4) is 0 Å². The second kappa shape index (κ2) is 9.98. The van der Waals surface area contributed by atoms with E-state index in [1.165, 1.54) is 41.6 Å². The highest BCUT2D eigenvalue weighted by Crippen LogP contribution is 2.28. The van der Waals surface area contributed by atoms with Crippen molar-refractivity contribution in [1.82, 2.24) is 9.97 Å². The van der Waals surface area contributed by atoms with Crippen molar-refractivity contribution in [3.8, 4) is 11.1 Å². The Bertz CT molecular complexity index is 1050. The average Bonchev–Trinajstić information content (AvgIpc) is 2.78. The Balaban J connectivity index is 1.91. The summed E-state index contributed by atoms with van der Waals surface area (Å²) in [6.07, 6.45) is 6.83. The van der Waals surface area contributed by atoms with E-state index < -0.39 is 10.8 Å². The Hall–Kier alpha value is -3.26. The molecule has 3 rings (SSSR count). The first-order valence-electron chi connectivity index (χ1n) is 9.58. The van der Waals surface area contributed by atoms with Crippen LogP contribution >= 0.6 is 11.8 Å². The van der Waals surface area contributed by atoms with Crippen LogP contribution in [0.1, 0.15) is 35.7 Å². The number of unbranched alkanes of at least 4 members (excludes halogenated alkanes) is 1. The predicted molar refractivity (Wildman–Crippen MR) is 119 cm³/mol. The summed E-state index contributed by atoms with van der Waals surface area (Å²) in [4.78, 5) is 32.0. The molecule has 2 aromatic carbocycles. The number of benzene rings is 2. The second-order valence-corrected chi connectivity index (χ2v) is 7.45. The molecule has 0 aliphatic carbocycles. The van der Waals surface area contributed by atoms with Gasteiger partial charge < -0.3 is 5.32 Å². The van der Waals surface area contributed by atoms with Crippen molar-refractivity contribution in [3.63, 3.8) is 0 Å². The average molecular weight is 423 g/mol. The van der Waals surface area contributed by atoms with Gasteiger partial charge in [-0.15, -0.1) is 0 Å². The molecule has 0 radical (unpaired) electrons. The standard InChI is InChI=1S/C22H22N4O3S/c1-3-4-6-15-9-11-16(12-10-15)19-14-23-22(30-2)25-20(19)24-21(27)17-7-5-8-18(13-17)26(28)29/h5,7-14H,3-4,6H2,1-2H3,(H,23,24,25,27). The van der Waals surface area contributed by atoms with Crippen LogP contribution < -0.4 is 5.32 Å². The molecule has 30 heavy (non-hydrogen) atoms. The second-order valence-electron chi connectivity index (χ2n) is 6.68. The van der Waals surface area contributed by atoms with Gasteiger partial charge in [0, 0.05) is 29.5 Å². The molecule has 0 aliphatic rings. The van der Waals surface area contributed by atoms with E-state index in [1.807, 2.05) is 18.4 Å². The zero-order chi connectivity index (χ0) is 21.5. The third-order valence-corrected chi connectivity index (χ3v) is 5.15. The van der Waals surface area contributed by atoms with Crippen LogP contribution in [0.15, 0.2) is 59.9 Å². The van der Waals surface area contributed by atoms with E-state index in [-0.39, 0.29) is 11.3 Å². The maximum absolute atomic E-state index is 12.7. The summed E-state index contributed by atoms with van der Waals surface area (Å²) in [5.41, 5.74) is 2.88. The van der Waals surface area contributed by atoms with Crippen LogP contribution in [0.5, 0.6) is 0 Å². The molecule has 0 spiro atoms. The number of anilines is 1. The minimum absolute atomic E-state index is 0.141. The lowest BCUT2D eigenvalue weighted by atomic mass is 10.0. The summed E-state index contributed by atoms with van der Waals surface area (Å²) in [5.74, 6) is -0.0996. The molecule has 0 unspecified atom stereocenters. The van der Waals surface area contributed by atoms with Crippen molar-refractivity contribution in [1.29, 1.82) is 0 Å². The fourth-order valence-electron chi connectivity index (χ4n) is 2.94. The van der Waals surface area contributed by atoms with Gasteiger partial charge in [0.05, 0.1) is 4.92 Å². The number of non-ortho nitro benzene ring substituents is 1. The minimum atomic E-state index is -0.529. The molecule has 0 aliphatic heterocycles. The number of hydrogen-bond donors (Lipinski definition) is 1. The molecule has 1 amide bonds. The number of nitro benzene ring substituents is 1. The van der Waals surface area contributed by atoms with Crippen molar-refractivity contribution in [2.45, 2.75) is 31.3 Å². The lowest BCUT2D eigenvalue weighted by molar-refractivity contribution is -0.384. The number of hydrogen-bond acceptors (Lipinski definition) is 6. The third kappa shape index (κ3) is 5.21. The molecule has 0 bridgehead atoms. The van der Waals surface area contributed by atoms with Gasteiger partial charge in [-0.05, 0) is 36.3 Å². The quantitative estimate of drug-likeness (QED) is 0.227. The first-order chi connectivity index (χ1) is 14.5. The molecule has 1 aromatic heterocycles. The van der Waals surface area contributed by atoms with E-state index in [2.05, 4.69) is 34.3 Å². The first-order valence-corrected chi connectivity index (χ1v) is 10.8. The monoisotopic (exact) mass is 422 g/mol. The molecule has 1 N–H and O–H groups in total. The normalized spacial score (nSPS) is 10.6. The number of nitrogens with zero attached hydrogens (tertiary/aromatic N) is 3. The van der Waals surface area contributed by atoms with Crippen molar-refractivity contribution in [2.75, 3.05) is 11.6 Å². The van der Waals surface area contributed by atoms with Gasteiger partial charge in [0.25, 0.3) is 11.6 Å². The molecule has 8 heteroatoms. The van der Waals surface area contributed by atoms with Crippen LogP contribution in [0.2, 0.25) is 0 Å². The van der Waals surface area contributed by atoms with E-state index in [0.717, 1.165) is 24.8 Å². The Labute approximate surface area is 179 Å². The highest BCUT2D eigenvalue weighted by atomic mass is 32.2. The fraction of sp³-hybridized carbons (Fsp3) is 0.227. The summed E-state index contributed by atoms with van der Waals surface area (Å²) in [6.45, 7) is 2.16. The number of aromatic nitrogens is 2. The van der Waals surface area contributed by atoms with E-state index in [4.69, 9.17) is 0 Å². The predicted octanol–water partition coefficient (Wildman–Crippen LogP) is 5.37. The Morgan fingerprint density at radius 1 is 1.20 bits per heavy atom. The number of nitro groups is 1. The summed E-state index contributed by atoms with van der Waals surface area (Å²) in [6, 6.07) is 13.7. The molecule has 154 valence electrons. The van der Waals surface area contributed by atoms with Gasteiger partial charge in [-0.1, -0.05) is 55.4 Å². The molecule has 0 atom stereocenters. The number of rotatable bonds is 8. The van der Waals surface area contributed by atoms with E-state index in [9.17, 15) is 14.9 Å².